The average molecular weight is 251 g/mol. The van der Waals surface area contributed by atoms with Crippen molar-refractivity contribution < 1.29 is 13.6 Å². The fraction of sp³-hybridized carbons (Fsp3) is 0.167. The number of aromatic nitrogens is 2. The summed E-state index contributed by atoms with van der Waals surface area (Å²) in [7, 11) is 0. The van der Waals surface area contributed by atoms with Crippen LogP contribution in [-0.2, 0) is 6.42 Å². The third-order valence-corrected chi connectivity index (χ3v) is 2.38. The molecule has 2 aromatic rings. The second-order valence-electron chi connectivity index (χ2n) is 3.77. The van der Waals surface area contributed by atoms with Crippen LogP contribution in [0.25, 0.3) is 0 Å². The monoisotopic (exact) mass is 251 g/mol. The van der Waals surface area contributed by atoms with Gasteiger partial charge in [0.1, 0.15) is 11.6 Å². The van der Waals surface area contributed by atoms with Gasteiger partial charge in [-0.3, -0.25) is 9.89 Å². The van der Waals surface area contributed by atoms with Crippen LogP contribution in [0.5, 0.6) is 0 Å². The van der Waals surface area contributed by atoms with Crippen LogP contribution in [0.1, 0.15) is 15.9 Å². The lowest BCUT2D eigenvalue weighted by Gasteiger charge is -2.04. The molecule has 18 heavy (non-hydrogen) atoms. The maximum Gasteiger partial charge on any atom is 0.254 e. The maximum absolute atomic E-state index is 12.9. The second-order valence-corrected chi connectivity index (χ2v) is 3.77. The smallest absolute Gasteiger partial charge is 0.254 e. The van der Waals surface area contributed by atoms with Gasteiger partial charge in [0.2, 0.25) is 0 Å². The first-order valence-electron chi connectivity index (χ1n) is 5.37. The largest absolute Gasteiger partial charge is 0.352 e. The third-order valence-electron chi connectivity index (χ3n) is 2.38. The number of rotatable bonds is 4. The van der Waals surface area contributed by atoms with Gasteiger partial charge in [-0.2, -0.15) is 5.10 Å². The number of benzene rings is 1. The highest BCUT2D eigenvalue weighted by Gasteiger charge is 2.06. The van der Waals surface area contributed by atoms with E-state index in [4.69, 9.17) is 0 Å². The molecule has 0 spiro atoms. The van der Waals surface area contributed by atoms with Gasteiger partial charge in [-0.15, -0.1) is 0 Å². The van der Waals surface area contributed by atoms with Crippen LogP contribution in [0.3, 0.4) is 0 Å². The van der Waals surface area contributed by atoms with Crippen molar-refractivity contribution in [2.45, 2.75) is 6.42 Å². The molecule has 94 valence electrons. The van der Waals surface area contributed by atoms with Crippen molar-refractivity contribution in [3.05, 3.63) is 53.4 Å². The fourth-order valence-electron chi connectivity index (χ4n) is 1.55. The number of carbonyl (C=O) groups is 1. The Morgan fingerprint density at radius 1 is 1.28 bits per heavy atom. The number of halogens is 2. The van der Waals surface area contributed by atoms with E-state index in [-0.39, 0.29) is 5.91 Å². The normalized spacial score (nSPS) is 10.3. The predicted molar refractivity (Wildman–Crippen MR) is 61.0 cm³/mol. The Kier molecular flexibility index (Phi) is 3.66. The first kappa shape index (κ1) is 12.2. The van der Waals surface area contributed by atoms with E-state index >= 15 is 0 Å². The van der Waals surface area contributed by atoms with Crippen LogP contribution in [0.4, 0.5) is 8.78 Å². The number of aromatic amines is 1. The van der Waals surface area contributed by atoms with E-state index in [0.29, 0.717) is 24.1 Å². The zero-order valence-corrected chi connectivity index (χ0v) is 9.41. The van der Waals surface area contributed by atoms with Gasteiger partial charge in [0.25, 0.3) is 5.91 Å². The fourth-order valence-corrected chi connectivity index (χ4v) is 1.55. The maximum atomic E-state index is 12.9. The average Bonchev–Trinajstić information content (AvgIpc) is 2.80. The van der Waals surface area contributed by atoms with E-state index in [1.54, 1.807) is 0 Å². The summed E-state index contributed by atoms with van der Waals surface area (Å²) in [6, 6.07) is 3.30. The quantitative estimate of drug-likeness (QED) is 0.868. The number of hydrogen-bond donors (Lipinski definition) is 2. The number of hydrogen-bond acceptors (Lipinski definition) is 2. The van der Waals surface area contributed by atoms with Crippen molar-refractivity contribution in [1.29, 1.82) is 0 Å². The lowest BCUT2D eigenvalue weighted by molar-refractivity contribution is 0.0954. The summed E-state index contributed by atoms with van der Waals surface area (Å²) in [4.78, 5) is 11.5. The lowest BCUT2D eigenvalue weighted by Crippen LogP contribution is -2.25. The zero-order chi connectivity index (χ0) is 13.0. The molecule has 2 N–H and O–H groups in total. The van der Waals surface area contributed by atoms with Gasteiger partial charge in [0, 0.05) is 18.8 Å². The van der Waals surface area contributed by atoms with Crippen molar-refractivity contribution in [3.8, 4) is 0 Å². The van der Waals surface area contributed by atoms with Gasteiger partial charge >= 0.3 is 0 Å². The molecule has 4 nitrogen and oxygen atoms in total. The Morgan fingerprint density at radius 2 is 2.00 bits per heavy atom. The number of amides is 1. The van der Waals surface area contributed by atoms with Gasteiger partial charge in [-0.05, 0) is 24.1 Å². The molecule has 0 fully saturated rings. The predicted octanol–water partition coefficient (Wildman–Crippen LogP) is 1.66. The second kappa shape index (κ2) is 5.39. The summed E-state index contributed by atoms with van der Waals surface area (Å²) in [5.41, 5.74) is 0.917. The molecular weight excluding hydrogens is 240 g/mol. The molecule has 0 aliphatic carbocycles. The number of H-pyrrole nitrogens is 1. The molecular formula is C12H11F2N3O. The summed E-state index contributed by atoms with van der Waals surface area (Å²) in [5, 5.41) is 8.80. The molecule has 2 rings (SSSR count). The summed E-state index contributed by atoms with van der Waals surface area (Å²) >= 11 is 0. The van der Waals surface area contributed by atoms with E-state index in [0.717, 1.165) is 6.07 Å². The van der Waals surface area contributed by atoms with E-state index in [1.807, 2.05) is 0 Å². The molecule has 0 bridgehead atoms. The van der Waals surface area contributed by atoms with Crippen LogP contribution >= 0.6 is 0 Å². The highest BCUT2D eigenvalue weighted by Crippen LogP contribution is 2.08. The van der Waals surface area contributed by atoms with Crippen molar-refractivity contribution in [2.75, 3.05) is 6.54 Å². The Balaban J connectivity index is 1.87. The van der Waals surface area contributed by atoms with Gasteiger partial charge in [-0.1, -0.05) is 0 Å². The van der Waals surface area contributed by atoms with Crippen molar-refractivity contribution in [2.24, 2.45) is 0 Å². The summed E-state index contributed by atoms with van der Waals surface area (Å²) in [6.07, 6.45) is 3.23. The zero-order valence-electron chi connectivity index (χ0n) is 9.41. The minimum absolute atomic E-state index is 0.277. The van der Waals surface area contributed by atoms with Crippen molar-refractivity contribution in [1.82, 2.24) is 15.5 Å². The van der Waals surface area contributed by atoms with Gasteiger partial charge < -0.3 is 5.32 Å². The molecule has 1 aromatic carbocycles. The van der Waals surface area contributed by atoms with Crippen LogP contribution in [0.15, 0.2) is 30.6 Å². The van der Waals surface area contributed by atoms with Crippen molar-refractivity contribution >= 4 is 5.91 Å². The van der Waals surface area contributed by atoms with Crippen LogP contribution in [0, 0.1) is 11.6 Å². The Bertz CT molecular complexity index is 520. The topological polar surface area (TPSA) is 57.8 Å². The molecule has 0 unspecified atom stereocenters. The molecule has 0 aliphatic heterocycles. The highest BCUT2D eigenvalue weighted by atomic mass is 19.1. The lowest BCUT2D eigenvalue weighted by atomic mass is 10.1. The van der Waals surface area contributed by atoms with E-state index in [9.17, 15) is 13.6 Å². The molecule has 0 aliphatic rings. The minimum Gasteiger partial charge on any atom is -0.352 e. The number of nitrogens with one attached hydrogen (secondary N) is 2. The summed E-state index contributed by atoms with van der Waals surface area (Å²) < 4.78 is 25.8. The molecule has 0 radical (unpaired) electrons. The summed E-state index contributed by atoms with van der Waals surface area (Å²) in [6.45, 7) is 0.299. The minimum atomic E-state index is -0.619. The molecule has 0 saturated carbocycles. The summed E-state index contributed by atoms with van der Waals surface area (Å²) in [5.74, 6) is -1.52. The van der Waals surface area contributed by atoms with Gasteiger partial charge in [-0.25, -0.2) is 8.78 Å². The molecule has 1 amide bonds. The Hall–Kier alpha value is -2.24. The van der Waals surface area contributed by atoms with Crippen molar-refractivity contribution in [3.63, 3.8) is 0 Å². The molecule has 1 aromatic heterocycles. The molecule has 0 atom stereocenters. The third kappa shape index (κ3) is 3.13. The van der Waals surface area contributed by atoms with Crippen LogP contribution in [0.2, 0.25) is 0 Å². The van der Waals surface area contributed by atoms with Gasteiger partial charge in [0.15, 0.2) is 0 Å². The van der Waals surface area contributed by atoms with E-state index in [2.05, 4.69) is 15.5 Å². The van der Waals surface area contributed by atoms with E-state index < -0.39 is 11.6 Å². The first-order chi connectivity index (χ1) is 8.65. The van der Waals surface area contributed by atoms with Crippen LogP contribution in [-0.4, -0.2) is 22.6 Å². The van der Waals surface area contributed by atoms with Gasteiger partial charge in [0.05, 0.1) is 11.8 Å². The number of nitrogens with zero attached hydrogens (tertiary/aromatic N) is 1. The standard InChI is InChI=1S/C12H11F2N3O/c13-10-3-8(4-11(14)5-10)1-2-15-12(18)9-6-16-17-7-9/h3-7H,1-2H2,(H,15,18)(H,16,17). The number of carbonyl (C=O) groups excluding carboxylic acids is 1. The Labute approximate surface area is 102 Å². The molecule has 6 heteroatoms. The highest BCUT2D eigenvalue weighted by molar-refractivity contribution is 5.93. The molecule has 1 heterocycles. The van der Waals surface area contributed by atoms with Crippen LogP contribution < -0.4 is 5.32 Å². The Morgan fingerprint density at radius 3 is 2.61 bits per heavy atom. The first-order valence-corrected chi connectivity index (χ1v) is 5.37. The van der Waals surface area contributed by atoms with E-state index in [1.165, 1.54) is 24.5 Å². The molecule has 0 saturated heterocycles. The SMILES string of the molecule is O=C(NCCc1cc(F)cc(F)c1)c1cn[nH]c1.